The highest BCUT2D eigenvalue weighted by Crippen LogP contribution is 2.23. The summed E-state index contributed by atoms with van der Waals surface area (Å²) in [5, 5.41) is 12.5. The molecule has 0 radical (unpaired) electrons. The predicted octanol–water partition coefficient (Wildman–Crippen LogP) is 3.87. The van der Waals surface area contributed by atoms with Crippen molar-refractivity contribution < 1.29 is 14.3 Å². The topological polar surface area (TPSA) is 52.6 Å². The Bertz CT molecular complexity index is 673. The van der Waals surface area contributed by atoms with Crippen molar-refractivity contribution in [3.05, 3.63) is 65.5 Å². The standard InChI is InChI=1S/C19H23FN2O2/c1-3-22(14(2)16-5-4-6-18(23)13-16)19(24)21-12-11-15-7-9-17(20)10-8-15/h4-10,13-14,23H,3,11-12H2,1-2H3,(H,21,24)/t14-/m0/s1. The number of nitrogens with one attached hydrogen (secondary N) is 1. The normalized spacial score (nSPS) is 11.8. The van der Waals surface area contributed by atoms with E-state index in [0.717, 1.165) is 11.1 Å². The largest absolute Gasteiger partial charge is 0.508 e. The van der Waals surface area contributed by atoms with Gasteiger partial charge in [0.15, 0.2) is 0 Å². The molecule has 0 bridgehead atoms. The lowest BCUT2D eigenvalue weighted by molar-refractivity contribution is 0.183. The molecule has 0 fully saturated rings. The number of nitrogens with zero attached hydrogens (tertiary/aromatic N) is 1. The molecule has 0 aliphatic heterocycles. The van der Waals surface area contributed by atoms with E-state index in [9.17, 15) is 14.3 Å². The highest BCUT2D eigenvalue weighted by atomic mass is 19.1. The molecule has 0 spiro atoms. The Kier molecular flexibility index (Phi) is 6.18. The number of carbonyl (C=O) groups excluding carboxylic acids is 1. The van der Waals surface area contributed by atoms with E-state index in [1.807, 2.05) is 19.9 Å². The molecule has 2 amide bonds. The molecule has 0 aromatic heterocycles. The van der Waals surface area contributed by atoms with Crippen molar-refractivity contribution in [3.63, 3.8) is 0 Å². The minimum absolute atomic E-state index is 0.145. The maximum absolute atomic E-state index is 12.9. The van der Waals surface area contributed by atoms with Crippen molar-refractivity contribution in [3.8, 4) is 5.75 Å². The van der Waals surface area contributed by atoms with Gasteiger partial charge in [-0.3, -0.25) is 0 Å². The lowest BCUT2D eigenvalue weighted by Gasteiger charge is -2.28. The summed E-state index contributed by atoms with van der Waals surface area (Å²) in [6, 6.07) is 12.9. The molecule has 4 nitrogen and oxygen atoms in total. The summed E-state index contributed by atoms with van der Waals surface area (Å²) >= 11 is 0. The van der Waals surface area contributed by atoms with Crippen LogP contribution in [0.4, 0.5) is 9.18 Å². The van der Waals surface area contributed by atoms with Crippen LogP contribution in [0.1, 0.15) is 31.0 Å². The fourth-order valence-electron chi connectivity index (χ4n) is 2.62. The number of hydrogen-bond donors (Lipinski definition) is 2. The molecule has 0 saturated heterocycles. The zero-order valence-corrected chi connectivity index (χ0v) is 14.0. The van der Waals surface area contributed by atoms with Crippen LogP contribution in [0.25, 0.3) is 0 Å². The van der Waals surface area contributed by atoms with Gasteiger partial charge in [0, 0.05) is 13.1 Å². The van der Waals surface area contributed by atoms with Gasteiger partial charge in [-0.25, -0.2) is 9.18 Å². The van der Waals surface area contributed by atoms with E-state index >= 15 is 0 Å². The van der Waals surface area contributed by atoms with E-state index in [2.05, 4.69) is 5.32 Å². The molecule has 0 aliphatic carbocycles. The Hall–Kier alpha value is -2.56. The van der Waals surface area contributed by atoms with E-state index < -0.39 is 0 Å². The molecule has 2 N–H and O–H groups in total. The predicted molar refractivity (Wildman–Crippen MR) is 92.4 cm³/mol. The molecule has 2 aromatic carbocycles. The van der Waals surface area contributed by atoms with Crippen molar-refractivity contribution in [1.82, 2.24) is 10.2 Å². The van der Waals surface area contributed by atoms with Gasteiger partial charge in [0.25, 0.3) is 0 Å². The number of rotatable bonds is 6. The van der Waals surface area contributed by atoms with Crippen LogP contribution in [-0.2, 0) is 6.42 Å². The van der Waals surface area contributed by atoms with Gasteiger partial charge in [-0.1, -0.05) is 24.3 Å². The summed E-state index contributed by atoms with van der Waals surface area (Å²) in [6.07, 6.45) is 0.643. The van der Waals surface area contributed by atoms with Crippen LogP contribution < -0.4 is 5.32 Å². The zero-order chi connectivity index (χ0) is 17.5. The maximum atomic E-state index is 12.9. The van der Waals surface area contributed by atoms with Gasteiger partial charge in [-0.2, -0.15) is 0 Å². The van der Waals surface area contributed by atoms with Gasteiger partial charge >= 0.3 is 6.03 Å². The molecule has 2 rings (SSSR count). The number of phenolic OH excluding ortho intramolecular Hbond substituents is 1. The Balaban J connectivity index is 1.92. The lowest BCUT2D eigenvalue weighted by atomic mass is 10.1. The van der Waals surface area contributed by atoms with E-state index in [0.29, 0.717) is 19.5 Å². The number of hydrogen-bond acceptors (Lipinski definition) is 2. The molecular formula is C19H23FN2O2. The number of aromatic hydroxyl groups is 1. The van der Waals surface area contributed by atoms with Crippen molar-refractivity contribution in [2.24, 2.45) is 0 Å². The smallest absolute Gasteiger partial charge is 0.317 e. The first-order chi connectivity index (χ1) is 11.5. The molecule has 0 unspecified atom stereocenters. The van der Waals surface area contributed by atoms with Gasteiger partial charge in [0.05, 0.1) is 6.04 Å². The third-order valence-electron chi connectivity index (χ3n) is 4.02. The Morgan fingerprint density at radius 2 is 1.96 bits per heavy atom. The van der Waals surface area contributed by atoms with E-state index in [-0.39, 0.29) is 23.6 Å². The number of urea groups is 1. The zero-order valence-electron chi connectivity index (χ0n) is 14.0. The van der Waals surface area contributed by atoms with Gasteiger partial charge in [-0.05, 0) is 55.7 Å². The molecule has 0 aliphatic rings. The van der Waals surface area contributed by atoms with Crippen LogP contribution >= 0.6 is 0 Å². The molecule has 0 saturated carbocycles. The van der Waals surface area contributed by atoms with Gasteiger partial charge < -0.3 is 15.3 Å². The number of amides is 2. The average Bonchev–Trinajstić information content (AvgIpc) is 2.57. The number of carbonyl (C=O) groups is 1. The fraction of sp³-hybridized carbons (Fsp3) is 0.316. The van der Waals surface area contributed by atoms with E-state index in [1.54, 1.807) is 35.2 Å². The Morgan fingerprint density at radius 1 is 1.25 bits per heavy atom. The third kappa shape index (κ3) is 4.72. The van der Waals surface area contributed by atoms with Crippen molar-refractivity contribution in [1.29, 1.82) is 0 Å². The number of benzene rings is 2. The quantitative estimate of drug-likeness (QED) is 0.845. The average molecular weight is 330 g/mol. The second kappa shape index (κ2) is 8.34. The van der Waals surface area contributed by atoms with Crippen LogP contribution in [-0.4, -0.2) is 29.1 Å². The van der Waals surface area contributed by atoms with Crippen molar-refractivity contribution in [2.75, 3.05) is 13.1 Å². The molecule has 5 heteroatoms. The van der Waals surface area contributed by atoms with Gasteiger partial charge in [-0.15, -0.1) is 0 Å². The molecule has 24 heavy (non-hydrogen) atoms. The van der Waals surface area contributed by atoms with Gasteiger partial charge in [0.2, 0.25) is 0 Å². The SMILES string of the molecule is CCN(C(=O)NCCc1ccc(F)cc1)[C@@H](C)c1cccc(O)c1. The van der Waals surface area contributed by atoms with Crippen LogP contribution in [0.3, 0.4) is 0 Å². The molecule has 2 aromatic rings. The second-order valence-electron chi connectivity index (χ2n) is 5.67. The summed E-state index contributed by atoms with van der Waals surface area (Å²) in [6.45, 7) is 4.88. The lowest BCUT2D eigenvalue weighted by Crippen LogP contribution is -2.42. The summed E-state index contributed by atoms with van der Waals surface area (Å²) in [5.41, 5.74) is 1.85. The summed E-state index contributed by atoms with van der Waals surface area (Å²) in [5.74, 6) is -0.0768. The third-order valence-corrected chi connectivity index (χ3v) is 4.02. The molecular weight excluding hydrogens is 307 g/mol. The first-order valence-electron chi connectivity index (χ1n) is 8.09. The number of phenols is 1. The highest BCUT2D eigenvalue weighted by Gasteiger charge is 2.19. The monoisotopic (exact) mass is 330 g/mol. The second-order valence-corrected chi connectivity index (χ2v) is 5.67. The minimum atomic E-state index is -0.264. The first kappa shape index (κ1) is 17.8. The summed E-state index contributed by atoms with van der Waals surface area (Å²) in [7, 11) is 0. The maximum Gasteiger partial charge on any atom is 0.317 e. The van der Waals surface area contributed by atoms with Crippen molar-refractivity contribution >= 4 is 6.03 Å². The van der Waals surface area contributed by atoms with Crippen LogP contribution in [0, 0.1) is 5.82 Å². The fourth-order valence-corrected chi connectivity index (χ4v) is 2.62. The Morgan fingerprint density at radius 3 is 2.58 bits per heavy atom. The van der Waals surface area contributed by atoms with Gasteiger partial charge in [0.1, 0.15) is 11.6 Å². The van der Waals surface area contributed by atoms with E-state index in [1.165, 1.54) is 12.1 Å². The minimum Gasteiger partial charge on any atom is -0.508 e. The van der Waals surface area contributed by atoms with Crippen LogP contribution in [0.2, 0.25) is 0 Å². The summed E-state index contributed by atoms with van der Waals surface area (Å²) in [4.78, 5) is 14.1. The number of halogens is 1. The molecule has 128 valence electrons. The van der Waals surface area contributed by atoms with E-state index in [4.69, 9.17) is 0 Å². The van der Waals surface area contributed by atoms with Crippen LogP contribution in [0.15, 0.2) is 48.5 Å². The highest BCUT2D eigenvalue weighted by molar-refractivity contribution is 5.74. The Labute approximate surface area is 141 Å². The first-order valence-corrected chi connectivity index (χ1v) is 8.09. The molecule has 1 atom stereocenters. The summed E-state index contributed by atoms with van der Waals surface area (Å²) < 4.78 is 12.9. The molecule has 0 heterocycles. The van der Waals surface area contributed by atoms with Crippen LogP contribution in [0.5, 0.6) is 5.75 Å². The van der Waals surface area contributed by atoms with Crippen molar-refractivity contribution in [2.45, 2.75) is 26.3 Å².